The van der Waals surface area contributed by atoms with Gasteiger partial charge in [0.1, 0.15) is 0 Å². The van der Waals surface area contributed by atoms with Gasteiger partial charge in [-0.05, 0) is 24.1 Å². The Morgan fingerprint density at radius 1 is 1.19 bits per heavy atom. The standard InChI is InChI=1S/C12H19NO2Si/c1-13(2)15-16(11-7-6-10-14-16)12-8-4-3-5-9-12/h3-5,8-9H,6-7,10-11H2,1-2H3. The predicted octanol–water partition coefficient (Wildman–Crippen LogP) is 1.64. The molecule has 1 heterocycles. The summed E-state index contributed by atoms with van der Waals surface area (Å²) in [5, 5.41) is 3.02. The molecule has 0 bridgehead atoms. The Kier molecular flexibility index (Phi) is 3.76. The van der Waals surface area contributed by atoms with Crippen LogP contribution in [0.25, 0.3) is 0 Å². The third-order valence-electron chi connectivity index (χ3n) is 2.78. The Morgan fingerprint density at radius 3 is 2.50 bits per heavy atom. The molecule has 88 valence electrons. The fourth-order valence-corrected chi connectivity index (χ4v) is 5.44. The zero-order valence-corrected chi connectivity index (χ0v) is 11.0. The van der Waals surface area contributed by atoms with Crippen LogP contribution < -0.4 is 5.19 Å². The largest absolute Gasteiger partial charge is 0.391 e. The summed E-state index contributed by atoms with van der Waals surface area (Å²) in [6.45, 7) is 0.828. The number of hydroxylamine groups is 2. The van der Waals surface area contributed by atoms with Crippen molar-refractivity contribution in [3.63, 3.8) is 0 Å². The third kappa shape index (κ3) is 2.52. The fraction of sp³-hybridized carbons (Fsp3) is 0.500. The Hall–Kier alpha value is -0.683. The molecule has 0 saturated carbocycles. The predicted molar refractivity (Wildman–Crippen MR) is 66.6 cm³/mol. The zero-order valence-electron chi connectivity index (χ0n) is 9.98. The lowest BCUT2D eigenvalue weighted by Crippen LogP contribution is -2.57. The molecule has 3 nitrogen and oxygen atoms in total. The molecule has 0 amide bonds. The van der Waals surface area contributed by atoms with E-state index in [1.807, 2.05) is 20.2 Å². The number of benzene rings is 1. The molecule has 16 heavy (non-hydrogen) atoms. The second-order valence-electron chi connectivity index (χ2n) is 4.33. The van der Waals surface area contributed by atoms with Crippen LogP contribution in [0.5, 0.6) is 0 Å². The first-order valence-electron chi connectivity index (χ1n) is 5.79. The van der Waals surface area contributed by atoms with Crippen molar-refractivity contribution in [2.45, 2.75) is 18.9 Å². The van der Waals surface area contributed by atoms with E-state index in [-0.39, 0.29) is 0 Å². The summed E-state index contributed by atoms with van der Waals surface area (Å²) >= 11 is 0. The van der Waals surface area contributed by atoms with Gasteiger partial charge in [-0.2, -0.15) is 0 Å². The first kappa shape index (κ1) is 11.8. The summed E-state index contributed by atoms with van der Waals surface area (Å²) < 4.78 is 12.1. The summed E-state index contributed by atoms with van der Waals surface area (Å²) in [6.07, 6.45) is 2.35. The van der Waals surface area contributed by atoms with Crippen LogP contribution in [0.2, 0.25) is 6.04 Å². The van der Waals surface area contributed by atoms with Gasteiger partial charge in [-0.15, -0.1) is 0 Å². The average Bonchev–Trinajstić information content (AvgIpc) is 2.30. The van der Waals surface area contributed by atoms with E-state index in [2.05, 4.69) is 24.3 Å². The molecule has 0 radical (unpaired) electrons. The van der Waals surface area contributed by atoms with Crippen LogP contribution in [-0.4, -0.2) is 34.3 Å². The van der Waals surface area contributed by atoms with Gasteiger partial charge in [0.25, 0.3) is 0 Å². The van der Waals surface area contributed by atoms with Crippen LogP contribution in [0, 0.1) is 0 Å². The van der Waals surface area contributed by atoms with Crippen molar-refractivity contribution in [3.05, 3.63) is 30.3 Å². The number of hydrogen-bond acceptors (Lipinski definition) is 3. The Morgan fingerprint density at radius 2 is 1.94 bits per heavy atom. The molecule has 1 saturated heterocycles. The van der Waals surface area contributed by atoms with E-state index in [1.54, 1.807) is 5.06 Å². The van der Waals surface area contributed by atoms with Gasteiger partial charge in [0.2, 0.25) is 0 Å². The van der Waals surface area contributed by atoms with Crippen molar-refractivity contribution in [2.75, 3.05) is 20.7 Å². The highest BCUT2D eigenvalue weighted by molar-refractivity contribution is 6.81. The summed E-state index contributed by atoms with van der Waals surface area (Å²) in [5.74, 6) is 0. The topological polar surface area (TPSA) is 21.7 Å². The van der Waals surface area contributed by atoms with E-state index in [4.69, 9.17) is 8.95 Å². The molecule has 0 N–H and O–H groups in total. The molecular formula is C12H19NO2Si. The SMILES string of the molecule is CN(C)O[Si]1(c2ccccc2)CCCCO1. The Balaban J connectivity index is 2.26. The number of nitrogens with zero attached hydrogens (tertiary/aromatic N) is 1. The molecule has 0 aromatic heterocycles. The minimum atomic E-state index is -2.20. The first-order chi connectivity index (χ1) is 7.73. The smallest absolute Gasteiger partial charge is 0.390 e. The molecule has 1 aliphatic heterocycles. The summed E-state index contributed by atoms with van der Waals surface area (Å²) in [6, 6.07) is 11.4. The maximum atomic E-state index is 6.04. The van der Waals surface area contributed by atoms with E-state index in [1.165, 1.54) is 11.6 Å². The highest BCUT2D eigenvalue weighted by Gasteiger charge is 2.43. The van der Waals surface area contributed by atoms with E-state index in [9.17, 15) is 0 Å². The summed E-state index contributed by atoms with van der Waals surface area (Å²) in [4.78, 5) is 0. The monoisotopic (exact) mass is 237 g/mol. The third-order valence-corrected chi connectivity index (χ3v) is 6.33. The van der Waals surface area contributed by atoms with Crippen LogP contribution in [0.4, 0.5) is 0 Å². The van der Waals surface area contributed by atoms with E-state index >= 15 is 0 Å². The van der Waals surface area contributed by atoms with Gasteiger partial charge < -0.3 is 8.95 Å². The zero-order chi connectivity index (χ0) is 11.4. The van der Waals surface area contributed by atoms with Gasteiger partial charge in [0, 0.05) is 20.7 Å². The van der Waals surface area contributed by atoms with Crippen LogP contribution in [-0.2, 0) is 8.95 Å². The molecule has 0 aliphatic carbocycles. The van der Waals surface area contributed by atoms with Gasteiger partial charge >= 0.3 is 8.56 Å². The summed E-state index contributed by atoms with van der Waals surface area (Å²) in [7, 11) is 1.66. The molecule has 0 spiro atoms. The first-order valence-corrected chi connectivity index (χ1v) is 7.81. The van der Waals surface area contributed by atoms with E-state index in [0.29, 0.717) is 0 Å². The van der Waals surface area contributed by atoms with Crippen LogP contribution >= 0.6 is 0 Å². The lowest BCUT2D eigenvalue weighted by molar-refractivity contribution is -0.0469. The molecule has 1 aliphatic rings. The van der Waals surface area contributed by atoms with Crippen molar-refractivity contribution >= 4 is 13.7 Å². The van der Waals surface area contributed by atoms with Crippen LogP contribution in [0.3, 0.4) is 0 Å². The maximum Gasteiger partial charge on any atom is 0.391 e. The van der Waals surface area contributed by atoms with E-state index in [0.717, 1.165) is 19.1 Å². The lowest BCUT2D eigenvalue weighted by atomic mass is 10.3. The quantitative estimate of drug-likeness (QED) is 0.589. The maximum absolute atomic E-state index is 6.04. The molecule has 1 unspecified atom stereocenters. The molecule has 2 rings (SSSR count). The lowest BCUT2D eigenvalue weighted by Gasteiger charge is -2.35. The van der Waals surface area contributed by atoms with Crippen molar-refractivity contribution in [2.24, 2.45) is 0 Å². The minimum Gasteiger partial charge on any atom is -0.390 e. The molecule has 1 aromatic carbocycles. The van der Waals surface area contributed by atoms with Gasteiger partial charge in [0.05, 0.1) is 0 Å². The van der Waals surface area contributed by atoms with Gasteiger partial charge in [0.15, 0.2) is 0 Å². The van der Waals surface area contributed by atoms with Crippen molar-refractivity contribution in [1.29, 1.82) is 0 Å². The molecule has 1 fully saturated rings. The van der Waals surface area contributed by atoms with Crippen molar-refractivity contribution in [3.8, 4) is 0 Å². The van der Waals surface area contributed by atoms with Crippen LogP contribution in [0.15, 0.2) is 30.3 Å². The van der Waals surface area contributed by atoms with Gasteiger partial charge in [-0.3, -0.25) is 0 Å². The van der Waals surface area contributed by atoms with Crippen LogP contribution in [0.1, 0.15) is 12.8 Å². The molecule has 1 aromatic rings. The molecular weight excluding hydrogens is 218 g/mol. The second kappa shape index (κ2) is 5.10. The van der Waals surface area contributed by atoms with E-state index < -0.39 is 8.56 Å². The van der Waals surface area contributed by atoms with Crippen molar-refractivity contribution in [1.82, 2.24) is 5.06 Å². The fourth-order valence-electron chi connectivity index (χ4n) is 2.11. The number of hydrogen-bond donors (Lipinski definition) is 0. The average molecular weight is 237 g/mol. The highest BCUT2D eigenvalue weighted by Crippen LogP contribution is 2.23. The van der Waals surface area contributed by atoms with Gasteiger partial charge in [-0.1, -0.05) is 30.3 Å². The molecule has 4 heteroatoms. The normalized spacial score (nSPS) is 25.9. The Labute approximate surface area is 98.2 Å². The van der Waals surface area contributed by atoms with Gasteiger partial charge in [-0.25, -0.2) is 5.06 Å². The summed E-state index contributed by atoms with van der Waals surface area (Å²) in [5.41, 5.74) is 0. The van der Waals surface area contributed by atoms with Crippen molar-refractivity contribution < 1.29 is 8.95 Å². The highest BCUT2D eigenvalue weighted by atomic mass is 28.4. The minimum absolute atomic E-state index is 0.828. The molecule has 1 atom stereocenters. The number of rotatable bonds is 3. The Bertz CT molecular complexity index is 323. The second-order valence-corrected chi connectivity index (χ2v) is 7.38.